The first-order valence-corrected chi connectivity index (χ1v) is 5.47. The van der Waals surface area contributed by atoms with E-state index in [1.54, 1.807) is 0 Å². The van der Waals surface area contributed by atoms with Crippen molar-refractivity contribution in [3.05, 3.63) is 12.2 Å². The molecule has 0 bridgehead atoms. The van der Waals surface area contributed by atoms with Crippen LogP contribution in [0, 0.1) is 5.92 Å². The molecule has 0 spiro atoms. The molecule has 0 rings (SSSR count). The first-order valence-electron chi connectivity index (χ1n) is 5.47. The van der Waals surface area contributed by atoms with Gasteiger partial charge in [0.05, 0.1) is 0 Å². The zero-order valence-corrected chi connectivity index (χ0v) is 10.0. The summed E-state index contributed by atoms with van der Waals surface area (Å²) in [6.45, 7) is 11.2. The van der Waals surface area contributed by atoms with Gasteiger partial charge >= 0.3 is 0 Å². The van der Waals surface area contributed by atoms with E-state index >= 15 is 0 Å². The van der Waals surface area contributed by atoms with Gasteiger partial charge < -0.3 is 5.32 Å². The van der Waals surface area contributed by atoms with Crippen LogP contribution in [0.25, 0.3) is 0 Å². The maximum Gasteiger partial charge on any atom is 0.219 e. The maximum absolute atomic E-state index is 11.0. The molecule has 1 N–H and O–H groups in total. The molecular formula is C12H22N2O. The van der Waals surface area contributed by atoms with E-state index in [0.29, 0.717) is 18.9 Å². The average Bonchev–Trinajstić information content (AvgIpc) is 2.20. The molecular weight excluding hydrogens is 188 g/mol. The van der Waals surface area contributed by atoms with Crippen molar-refractivity contribution in [2.24, 2.45) is 10.9 Å². The molecule has 0 saturated heterocycles. The number of hydrogen-bond donors (Lipinski definition) is 1. The molecule has 0 aliphatic carbocycles. The van der Waals surface area contributed by atoms with Crippen molar-refractivity contribution in [3.63, 3.8) is 0 Å². The van der Waals surface area contributed by atoms with Gasteiger partial charge in [-0.1, -0.05) is 19.4 Å². The van der Waals surface area contributed by atoms with Crippen LogP contribution in [0.4, 0.5) is 0 Å². The predicted octanol–water partition coefficient (Wildman–Crippen LogP) is 2.19. The van der Waals surface area contributed by atoms with E-state index in [0.717, 1.165) is 18.5 Å². The Labute approximate surface area is 92.7 Å². The fraction of sp³-hybridized carbons (Fsp3) is 0.667. The van der Waals surface area contributed by atoms with E-state index < -0.39 is 0 Å². The molecule has 0 aromatic heterocycles. The zero-order chi connectivity index (χ0) is 11.7. The van der Waals surface area contributed by atoms with Crippen LogP contribution in [-0.4, -0.2) is 25.2 Å². The van der Waals surface area contributed by atoms with Crippen molar-refractivity contribution < 1.29 is 4.79 Å². The van der Waals surface area contributed by atoms with Crippen LogP contribution < -0.4 is 5.32 Å². The van der Waals surface area contributed by atoms with E-state index in [2.05, 4.69) is 16.9 Å². The minimum absolute atomic E-state index is 0.0946. The number of hydrogen-bond acceptors (Lipinski definition) is 2. The second-order valence-electron chi connectivity index (χ2n) is 3.90. The summed E-state index contributed by atoms with van der Waals surface area (Å²) in [6.07, 6.45) is 3.38. The minimum Gasteiger partial charge on any atom is -0.355 e. The van der Waals surface area contributed by atoms with Crippen molar-refractivity contribution in [2.45, 2.75) is 33.6 Å². The third kappa shape index (κ3) is 9.19. The standard InChI is InChI=1S/C12H22N2O/c1-5-12(15)14-9-11(4)8-13-7-6-10(2)3/h8,11H,2,5-7,9H2,1,3-4H3,(H,14,15)/b13-8-. The largest absolute Gasteiger partial charge is 0.355 e. The van der Waals surface area contributed by atoms with Crippen LogP contribution in [-0.2, 0) is 4.79 Å². The van der Waals surface area contributed by atoms with Crippen LogP contribution >= 0.6 is 0 Å². The number of aliphatic imine (C=N–C) groups is 1. The van der Waals surface area contributed by atoms with Crippen LogP contribution in [0.3, 0.4) is 0 Å². The van der Waals surface area contributed by atoms with Crippen LogP contribution in [0.2, 0.25) is 0 Å². The first kappa shape index (κ1) is 13.9. The monoisotopic (exact) mass is 210 g/mol. The number of carbonyl (C=O) groups excluding carboxylic acids is 1. The lowest BCUT2D eigenvalue weighted by atomic mass is 10.2. The molecule has 1 unspecified atom stereocenters. The first-order chi connectivity index (χ1) is 7.06. The van der Waals surface area contributed by atoms with E-state index in [9.17, 15) is 4.79 Å². The molecule has 3 heteroatoms. The third-order valence-corrected chi connectivity index (χ3v) is 1.97. The van der Waals surface area contributed by atoms with E-state index in [-0.39, 0.29) is 5.91 Å². The molecule has 86 valence electrons. The Morgan fingerprint density at radius 1 is 1.60 bits per heavy atom. The summed E-state index contributed by atoms with van der Waals surface area (Å²) < 4.78 is 0. The van der Waals surface area contributed by atoms with Gasteiger partial charge in [0, 0.05) is 31.6 Å². The molecule has 15 heavy (non-hydrogen) atoms. The lowest BCUT2D eigenvalue weighted by molar-refractivity contribution is -0.120. The quantitative estimate of drug-likeness (QED) is 0.508. The second-order valence-corrected chi connectivity index (χ2v) is 3.90. The van der Waals surface area contributed by atoms with Crippen LogP contribution in [0.1, 0.15) is 33.6 Å². The number of rotatable bonds is 7. The van der Waals surface area contributed by atoms with Crippen molar-refractivity contribution in [1.29, 1.82) is 0 Å². The topological polar surface area (TPSA) is 41.5 Å². The molecule has 0 saturated carbocycles. The van der Waals surface area contributed by atoms with Gasteiger partial charge in [-0.25, -0.2) is 0 Å². The normalized spacial score (nSPS) is 12.7. The maximum atomic E-state index is 11.0. The van der Waals surface area contributed by atoms with E-state index in [1.165, 1.54) is 0 Å². The summed E-state index contributed by atoms with van der Waals surface area (Å²) in [6, 6.07) is 0. The van der Waals surface area contributed by atoms with Gasteiger partial charge in [-0.2, -0.15) is 0 Å². The minimum atomic E-state index is 0.0946. The Bertz CT molecular complexity index is 234. The lowest BCUT2D eigenvalue weighted by Crippen LogP contribution is -2.27. The summed E-state index contributed by atoms with van der Waals surface area (Å²) in [5.74, 6) is 0.391. The van der Waals surface area contributed by atoms with Gasteiger partial charge in [-0.05, 0) is 13.3 Å². The van der Waals surface area contributed by atoms with E-state index in [1.807, 2.05) is 27.0 Å². The second kappa shape index (κ2) is 8.21. The summed E-state index contributed by atoms with van der Waals surface area (Å²) in [4.78, 5) is 15.2. The number of carbonyl (C=O) groups is 1. The van der Waals surface area contributed by atoms with Crippen molar-refractivity contribution in [3.8, 4) is 0 Å². The SMILES string of the molecule is C=C(C)CC/N=C\C(C)CNC(=O)CC. The summed E-state index contributed by atoms with van der Waals surface area (Å²) >= 11 is 0. The smallest absolute Gasteiger partial charge is 0.219 e. The third-order valence-electron chi connectivity index (χ3n) is 1.97. The predicted molar refractivity (Wildman–Crippen MR) is 65.3 cm³/mol. The van der Waals surface area contributed by atoms with Crippen LogP contribution in [0.15, 0.2) is 17.1 Å². The Kier molecular flexibility index (Phi) is 7.60. The van der Waals surface area contributed by atoms with Gasteiger partial charge in [-0.15, -0.1) is 6.58 Å². The molecule has 0 fully saturated rings. The van der Waals surface area contributed by atoms with Gasteiger partial charge in [0.25, 0.3) is 0 Å². The average molecular weight is 210 g/mol. The highest BCUT2D eigenvalue weighted by Gasteiger charge is 2.00. The molecule has 0 aromatic carbocycles. The van der Waals surface area contributed by atoms with Gasteiger partial charge in [0.15, 0.2) is 0 Å². The summed E-state index contributed by atoms with van der Waals surface area (Å²) in [7, 11) is 0. The fourth-order valence-corrected chi connectivity index (χ4v) is 0.962. The number of amides is 1. The Morgan fingerprint density at radius 3 is 2.80 bits per heavy atom. The Hall–Kier alpha value is -1.12. The molecule has 0 heterocycles. The number of nitrogens with zero attached hydrogens (tertiary/aromatic N) is 1. The molecule has 0 aliphatic rings. The molecule has 3 nitrogen and oxygen atoms in total. The summed E-state index contributed by atoms with van der Waals surface area (Å²) in [5.41, 5.74) is 1.15. The molecule has 1 amide bonds. The lowest BCUT2D eigenvalue weighted by Gasteiger charge is -2.06. The molecule has 1 atom stereocenters. The van der Waals surface area contributed by atoms with Gasteiger partial charge in [0.2, 0.25) is 5.91 Å². The highest BCUT2D eigenvalue weighted by atomic mass is 16.1. The zero-order valence-electron chi connectivity index (χ0n) is 10.0. The Morgan fingerprint density at radius 2 is 2.27 bits per heavy atom. The Balaban J connectivity index is 3.59. The molecule has 0 radical (unpaired) electrons. The van der Waals surface area contributed by atoms with Gasteiger partial charge in [-0.3, -0.25) is 9.79 Å². The van der Waals surface area contributed by atoms with Crippen molar-refractivity contribution in [2.75, 3.05) is 13.1 Å². The number of nitrogens with one attached hydrogen (secondary N) is 1. The molecule has 0 aromatic rings. The van der Waals surface area contributed by atoms with Gasteiger partial charge in [0.1, 0.15) is 0 Å². The molecule has 0 aliphatic heterocycles. The van der Waals surface area contributed by atoms with E-state index in [4.69, 9.17) is 0 Å². The van der Waals surface area contributed by atoms with Crippen LogP contribution in [0.5, 0.6) is 0 Å². The highest BCUT2D eigenvalue weighted by molar-refractivity contribution is 5.76. The summed E-state index contributed by atoms with van der Waals surface area (Å²) in [5, 5.41) is 2.83. The highest BCUT2D eigenvalue weighted by Crippen LogP contribution is 1.95. The van der Waals surface area contributed by atoms with Crippen molar-refractivity contribution >= 4 is 12.1 Å². The van der Waals surface area contributed by atoms with Crippen molar-refractivity contribution in [1.82, 2.24) is 5.32 Å². The fourth-order valence-electron chi connectivity index (χ4n) is 0.962.